The van der Waals surface area contributed by atoms with Crippen LogP contribution >= 0.6 is 0 Å². The number of methoxy groups -OCH3 is 1. The van der Waals surface area contributed by atoms with Gasteiger partial charge in [0, 0.05) is 24.3 Å². The minimum absolute atomic E-state index is 0.0252. The molecule has 0 fully saturated rings. The van der Waals surface area contributed by atoms with Crippen molar-refractivity contribution in [3.8, 4) is 0 Å². The number of rotatable bonds is 9. The fraction of sp³-hybridized carbons (Fsp3) is 0.500. The molecule has 1 amide bonds. The number of carboxylic acids is 1. The first-order valence-electron chi connectivity index (χ1n) is 7.25. The zero-order chi connectivity index (χ0) is 17.4. The molecule has 23 heavy (non-hydrogen) atoms. The molecule has 0 saturated heterocycles. The Balaban J connectivity index is 2.72. The molecule has 1 rings (SSSR count). The summed E-state index contributed by atoms with van der Waals surface area (Å²) in [4.78, 5) is 23.0. The molecule has 0 aromatic heterocycles. The number of benzene rings is 1. The van der Waals surface area contributed by atoms with E-state index in [-0.39, 0.29) is 17.7 Å². The van der Waals surface area contributed by atoms with Gasteiger partial charge in [-0.15, -0.1) is 0 Å². The van der Waals surface area contributed by atoms with Crippen molar-refractivity contribution in [1.29, 1.82) is 0 Å². The van der Waals surface area contributed by atoms with Crippen molar-refractivity contribution in [3.63, 3.8) is 0 Å². The number of nitrogens with one attached hydrogen (secondary N) is 1. The molecular formula is C16H22FNO5. The molecule has 0 aliphatic carbocycles. The van der Waals surface area contributed by atoms with Crippen LogP contribution in [0.15, 0.2) is 18.2 Å². The number of hydrogen-bond donors (Lipinski definition) is 2. The van der Waals surface area contributed by atoms with Gasteiger partial charge in [-0.2, -0.15) is 0 Å². The van der Waals surface area contributed by atoms with Gasteiger partial charge in [0.15, 0.2) is 0 Å². The van der Waals surface area contributed by atoms with Crippen LogP contribution in [-0.4, -0.2) is 43.3 Å². The minimum atomic E-state index is -0.996. The molecule has 2 unspecified atom stereocenters. The SMILES string of the molecule is COCCOCc1cc(C(=O)NC(C)C(C)C(=O)O)ccc1F. The molecule has 0 spiro atoms. The maximum atomic E-state index is 13.7. The Morgan fingerprint density at radius 2 is 2.00 bits per heavy atom. The predicted molar refractivity (Wildman–Crippen MR) is 81.7 cm³/mol. The van der Waals surface area contributed by atoms with E-state index >= 15 is 0 Å². The molecule has 6 nitrogen and oxygen atoms in total. The van der Waals surface area contributed by atoms with E-state index in [0.717, 1.165) is 0 Å². The summed E-state index contributed by atoms with van der Waals surface area (Å²) in [6.45, 7) is 3.85. The molecule has 0 aliphatic heterocycles. The third kappa shape index (κ3) is 5.96. The fourth-order valence-electron chi connectivity index (χ4n) is 1.78. The second kappa shape index (κ2) is 9.22. The number of hydrogen-bond acceptors (Lipinski definition) is 4. The summed E-state index contributed by atoms with van der Waals surface area (Å²) in [5.41, 5.74) is 0.508. The van der Waals surface area contributed by atoms with E-state index in [1.807, 2.05) is 0 Å². The highest BCUT2D eigenvalue weighted by Crippen LogP contribution is 2.13. The topological polar surface area (TPSA) is 84.9 Å². The van der Waals surface area contributed by atoms with Crippen LogP contribution in [0.2, 0.25) is 0 Å². The van der Waals surface area contributed by atoms with Crippen molar-refractivity contribution in [3.05, 3.63) is 35.1 Å². The molecule has 0 heterocycles. The Bertz CT molecular complexity index is 549. The van der Waals surface area contributed by atoms with Gasteiger partial charge in [0.05, 0.1) is 25.7 Å². The number of carbonyl (C=O) groups is 2. The highest BCUT2D eigenvalue weighted by molar-refractivity contribution is 5.94. The van der Waals surface area contributed by atoms with Crippen LogP contribution in [0, 0.1) is 11.7 Å². The quantitative estimate of drug-likeness (QED) is 0.676. The Kier molecular flexibility index (Phi) is 7.64. The van der Waals surface area contributed by atoms with Gasteiger partial charge in [-0.25, -0.2) is 4.39 Å². The van der Waals surface area contributed by atoms with Crippen LogP contribution < -0.4 is 5.32 Å². The number of aliphatic carboxylic acids is 1. The first kappa shape index (κ1) is 19.1. The van der Waals surface area contributed by atoms with E-state index in [1.54, 1.807) is 6.92 Å². The van der Waals surface area contributed by atoms with Crippen molar-refractivity contribution < 1.29 is 28.6 Å². The normalized spacial score (nSPS) is 13.4. The number of carboxylic acid groups (broad SMARTS) is 1. The summed E-state index contributed by atoms with van der Waals surface area (Å²) in [7, 11) is 1.54. The largest absolute Gasteiger partial charge is 0.481 e. The first-order valence-corrected chi connectivity index (χ1v) is 7.25. The second-order valence-electron chi connectivity index (χ2n) is 5.24. The van der Waals surface area contributed by atoms with Gasteiger partial charge in [0.1, 0.15) is 5.82 Å². The van der Waals surface area contributed by atoms with E-state index in [2.05, 4.69) is 5.32 Å². The molecule has 0 saturated carbocycles. The average Bonchev–Trinajstić information content (AvgIpc) is 2.51. The van der Waals surface area contributed by atoms with Gasteiger partial charge < -0.3 is 19.9 Å². The lowest BCUT2D eigenvalue weighted by Crippen LogP contribution is -2.40. The fourth-order valence-corrected chi connectivity index (χ4v) is 1.78. The lowest BCUT2D eigenvalue weighted by molar-refractivity contribution is -0.141. The minimum Gasteiger partial charge on any atom is -0.481 e. The molecule has 0 radical (unpaired) electrons. The second-order valence-corrected chi connectivity index (χ2v) is 5.24. The molecule has 2 atom stereocenters. The molecule has 0 bridgehead atoms. The average molecular weight is 327 g/mol. The molecule has 7 heteroatoms. The van der Waals surface area contributed by atoms with Crippen LogP contribution in [0.5, 0.6) is 0 Å². The number of ether oxygens (including phenoxy) is 2. The van der Waals surface area contributed by atoms with Crippen LogP contribution in [0.25, 0.3) is 0 Å². The lowest BCUT2D eigenvalue weighted by Gasteiger charge is -2.18. The van der Waals surface area contributed by atoms with Crippen molar-refractivity contribution >= 4 is 11.9 Å². The smallest absolute Gasteiger partial charge is 0.308 e. The highest BCUT2D eigenvalue weighted by Gasteiger charge is 2.21. The van der Waals surface area contributed by atoms with Crippen molar-refractivity contribution in [2.24, 2.45) is 5.92 Å². The maximum absolute atomic E-state index is 13.7. The monoisotopic (exact) mass is 327 g/mol. The van der Waals surface area contributed by atoms with Gasteiger partial charge in [-0.05, 0) is 32.0 Å². The van der Waals surface area contributed by atoms with Gasteiger partial charge in [-0.1, -0.05) is 0 Å². The summed E-state index contributed by atoms with van der Waals surface area (Å²) < 4.78 is 23.8. The highest BCUT2D eigenvalue weighted by atomic mass is 19.1. The van der Waals surface area contributed by atoms with Gasteiger partial charge in [-0.3, -0.25) is 9.59 Å². The molecule has 2 N–H and O–H groups in total. The van der Waals surface area contributed by atoms with Crippen molar-refractivity contribution in [1.82, 2.24) is 5.32 Å². The molecular weight excluding hydrogens is 305 g/mol. The van der Waals surface area contributed by atoms with Crippen molar-refractivity contribution in [2.45, 2.75) is 26.5 Å². The summed E-state index contributed by atoms with van der Waals surface area (Å²) in [5.74, 6) is -2.64. The zero-order valence-corrected chi connectivity index (χ0v) is 13.5. The molecule has 0 aliphatic rings. The summed E-state index contributed by atoms with van der Waals surface area (Å²) in [5, 5.41) is 11.5. The maximum Gasteiger partial charge on any atom is 0.308 e. The van der Waals surface area contributed by atoms with Gasteiger partial charge in [0.2, 0.25) is 0 Å². The summed E-state index contributed by atoms with van der Waals surface area (Å²) in [6, 6.07) is 3.39. The number of carbonyl (C=O) groups excluding carboxylic acids is 1. The van der Waals surface area contributed by atoms with Crippen LogP contribution in [0.4, 0.5) is 4.39 Å². The van der Waals surface area contributed by atoms with Crippen LogP contribution in [-0.2, 0) is 20.9 Å². The zero-order valence-electron chi connectivity index (χ0n) is 13.5. The number of halogens is 1. The van der Waals surface area contributed by atoms with Gasteiger partial charge >= 0.3 is 5.97 Å². The molecule has 1 aromatic carbocycles. The van der Waals surface area contributed by atoms with E-state index in [1.165, 1.54) is 32.2 Å². The molecule has 128 valence electrons. The standard InChI is InChI=1S/C16H22FNO5/c1-10(16(20)21)11(2)18-15(19)12-4-5-14(17)13(8-12)9-23-7-6-22-3/h4-5,8,10-11H,6-7,9H2,1-3H3,(H,18,19)(H,20,21). The summed E-state index contributed by atoms with van der Waals surface area (Å²) in [6.07, 6.45) is 0. The van der Waals surface area contributed by atoms with E-state index in [9.17, 15) is 14.0 Å². The summed E-state index contributed by atoms with van der Waals surface area (Å²) >= 11 is 0. The van der Waals surface area contributed by atoms with Crippen LogP contribution in [0.1, 0.15) is 29.8 Å². The Hall–Kier alpha value is -1.99. The van der Waals surface area contributed by atoms with Gasteiger partial charge in [0.25, 0.3) is 5.91 Å². The third-order valence-corrected chi connectivity index (χ3v) is 3.50. The van der Waals surface area contributed by atoms with E-state index < -0.39 is 29.7 Å². The predicted octanol–water partition coefficient (Wildman–Crippen LogP) is 1.83. The Labute approximate surface area is 134 Å². The third-order valence-electron chi connectivity index (χ3n) is 3.50. The van der Waals surface area contributed by atoms with Crippen LogP contribution in [0.3, 0.4) is 0 Å². The van der Waals surface area contributed by atoms with E-state index in [0.29, 0.717) is 13.2 Å². The van der Waals surface area contributed by atoms with E-state index in [4.69, 9.17) is 14.6 Å². The Morgan fingerprint density at radius 1 is 1.30 bits per heavy atom. The van der Waals surface area contributed by atoms with Crippen molar-refractivity contribution in [2.75, 3.05) is 20.3 Å². The Morgan fingerprint density at radius 3 is 2.61 bits per heavy atom. The molecule has 1 aromatic rings. The lowest BCUT2D eigenvalue weighted by atomic mass is 10.0. The first-order chi connectivity index (χ1) is 10.9. The number of amides is 1.